The third-order valence-electron chi connectivity index (χ3n) is 4.54. The third kappa shape index (κ3) is 4.46. The van der Waals surface area contributed by atoms with Gasteiger partial charge in [0.2, 0.25) is 0 Å². The average molecular weight is 366 g/mol. The zero-order chi connectivity index (χ0) is 18.2. The highest BCUT2D eigenvalue weighted by molar-refractivity contribution is 6.31. The smallest absolute Gasteiger partial charge is 0.408 e. The number of carbonyl (C=O) groups is 2. The Kier molecular flexibility index (Phi) is 4.71. The standard InChI is InChI=1S/C19H24ClNO4/c1-18(2,3)25-17(23)21-19(4-5-19)11-24-14-8-13-6-12(10-22)7-15(13)16(20)9-14/h8-10,12H,4-7,11H2,1-3H3,(H,21,23). The molecule has 3 rings (SSSR count). The van der Waals surface area contributed by atoms with Crippen molar-refractivity contribution in [1.82, 2.24) is 5.32 Å². The number of benzene rings is 1. The molecule has 0 bridgehead atoms. The summed E-state index contributed by atoms with van der Waals surface area (Å²) < 4.78 is 11.2. The number of halogens is 1. The molecule has 1 atom stereocenters. The number of amides is 1. The van der Waals surface area contributed by atoms with Crippen LogP contribution < -0.4 is 10.1 Å². The van der Waals surface area contributed by atoms with E-state index in [1.807, 2.05) is 26.8 Å². The Hall–Kier alpha value is -1.75. The van der Waals surface area contributed by atoms with Gasteiger partial charge in [-0.2, -0.15) is 0 Å². The minimum absolute atomic E-state index is 0.00589. The number of hydrogen-bond acceptors (Lipinski definition) is 4. The fraction of sp³-hybridized carbons (Fsp3) is 0.579. The van der Waals surface area contributed by atoms with Crippen molar-refractivity contribution in [2.45, 2.75) is 57.6 Å². The van der Waals surface area contributed by atoms with Crippen molar-refractivity contribution in [3.05, 3.63) is 28.3 Å². The quantitative estimate of drug-likeness (QED) is 0.808. The lowest BCUT2D eigenvalue weighted by Gasteiger charge is -2.23. The normalized spacial score (nSPS) is 20.6. The van der Waals surface area contributed by atoms with E-state index in [4.69, 9.17) is 21.1 Å². The summed E-state index contributed by atoms with van der Waals surface area (Å²) in [5.41, 5.74) is 1.23. The Morgan fingerprint density at radius 3 is 2.68 bits per heavy atom. The van der Waals surface area contributed by atoms with E-state index in [-0.39, 0.29) is 11.5 Å². The molecule has 2 aliphatic rings. The Morgan fingerprint density at radius 2 is 2.08 bits per heavy atom. The third-order valence-corrected chi connectivity index (χ3v) is 4.87. The van der Waals surface area contributed by atoms with E-state index >= 15 is 0 Å². The molecule has 1 aromatic rings. The number of nitrogens with one attached hydrogen (secondary N) is 1. The first-order chi connectivity index (χ1) is 11.7. The second kappa shape index (κ2) is 6.52. The summed E-state index contributed by atoms with van der Waals surface area (Å²) in [6, 6.07) is 3.74. The first kappa shape index (κ1) is 18.1. The highest BCUT2D eigenvalue weighted by Crippen LogP contribution is 2.38. The molecule has 5 nitrogen and oxygen atoms in total. The number of hydrogen-bond donors (Lipinski definition) is 1. The van der Waals surface area contributed by atoms with Gasteiger partial charge in [0.1, 0.15) is 24.2 Å². The lowest BCUT2D eigenvalue weighted by Crippen LogP contribution is -2.44. The predicted molar refractivity (Wildman–Crippen MR) is 95.2 cm³/mol. The first-order valence-electron chi connectivity index (χ1n) is 8.60. The van der Waals surface area contributed by atoms with E-state index in [9.17, 15) is 9.59 Å². The number of carbonyl (C=O) groups excluding carboxylic acids is 2. The highest BCUT2D eigenvalue weighted by atomic mass is 35.5. The Balaban J connectivity index is 1.60. The van der Waals surface area contributed by atoms with Gasteiger partial charge in [0.25, 0.3) is 0 Å². The first-order valence-corrected chi connectivity index (χ1v) is 8.98. The van der Waals surface area contributed by atoms with Crippen molar-refractivity contribution < 1.29 is 19.1 Å². The van der Waals surface area contributed by atoms with Crippen LogP contribution in [0, 0.1) is 5.92 Å². The molecule has 1 aromatic carbocycles. The zero-order valence-corrected chi connectivity index (χ0v) is 15.6. The summed E-state index contributed by atoms with van der Waals surface area (Å²) >= 11 is 6.33. The van der Waals surface area contributed by atoms with Gasteiger partial charge in [-0.25, -0.2) is 4.79 Å². The van der Waals surface area contributed by atoms with Gasteiger partial charge in [-0.15, -0.1) is 0 Å². The number of ether oxygens (including phenoxy) is 2. The van der Waals surface area contributed by atoms with Gasteiger partial charge in [-0.1, -0.05) is 11.6 Å². The summed E-state index contributed by atoms with van der Waals surface area (Å²) in [4.78, 5) is 23.0. The topological polar surface area (TPSA) is 64.6 Å². The van der Waals surface area contributed by atoms with Gasteiger partial charge in [0.15, 0.2) is 0 Å². The van der Waals surface area contributed by atoms with Crippen molar-refractivity contribution in [2.75, 3.05) is 6.61 Å². The van der Waals surface area contributed by atoms with Crippen LogP contribution in [-0.4, -0.2) is 30.1 Å². The maximum Gasteiger partial charge on any atom is 0.408 e. The van der Waals surface area contributed by atoms with Crippen LogP contribution in [0.15, 0.2) is 12.1 Å². The summed E-state index contributed by atoms with van der Waals surface area (Å²) in [6.07, 6.45) is 3.69. The molecular formula is C19H24ClNO4. The average Bonchev–Trinajstić information content (AvgIpc) is 3.11. The number of alkyl carbamates (subject to hydrolysis) is 1. The molecule has 1 unspecified atom stereocenters. The van der Waals surface area contributed by atoms with Crippen LogP contribution in [0.1, 0.15) is 44.7 Å². The van der Waals surface area contributed by atoms with E-state index in [0.29, 0.717) is 30.2 Å². The monoisotopic (exact) mass is 365 g/mol. The molecule has 0 spiro atoms. The van der Waals surface area contributed by atoms with Crippen LogP contribution in [0.2, 0.25) is 5.02 Å². The van der Waals surface area contributed by atoms with Crippen LogP contribution >= 0.6 is 11.6 Å². The van der Waals surface area contributed by atoms with Crippen LogP contribution in [0.25, 0.3) is 0 Å². The predicted octanol–water partition coefficient (Wildman–Crippen LogP) is 3.69. The molecule has 1 N–H and O–H groups in total. The Morgan fingerprint density at radius 1 is 1.36 bits per heavy atom. The molecule has 0 aromatic heterocycles. The molecule has 2 aliphatic carbocycles. The Labute approximate surface area is 153 Å². The second-order valence-corrected chi connectivity index (χ2v) is 8.45. The molecule has 0 radical (unpaired) electrons. The molecule has 1 amide bonds. The van der Waals surface area contributed by atoms with Gasteiger partial charge in [0.05, 0.1) is 5.54 Å². The van der Waals surface area contributed by atoms with Crippen molar-refractivity contribution >= 4 is 24.0 Å². The van der Waals surface area contributed by atoms with Gasteiger partial charge in [-0.3, -0.25) is 0 Å². The van der Waals surface area contributed by atoms with Crippen LogP contribution in [0.3, 0.4) is 0 Å². The van der Waals surface area contributed by atoms with Gasteiger partial charge >= 0.3 is 6.09 Å². The van der Waals surface area contributed by atoms with Crippen molar-refractivity contribution in [2.24, 2.45) is 5.92 Å². The van der Waals surface area contributed by atoms with E-state index < -0.39 is 11.7 Å². The summed E-state index contributed by atoms with van der Waals surface area (Å²) in [7, 11) is 0. The zero-order valence-electron chi connectivity index (χ0n) is 14.9. The van der Waals surface area contributed by atoms with E-state index in [1.165, 1.54) is 0 Å². The summed E-state index contributed by atoms with van der Waals surface area (Å²) in [5.74, 6) is 0.680. The second-order valence-electron chi connectivity index (χ2n) is 8.04. The van der Waals surface area contributed by atoms with Gasteiger partial charge in [0, 0.05) is 10.9 Å². The van der Waals surface area contributed by atoms with Gasteiger partial charge in [-0.05, 0) is 69.7 Å². The van der Waals surface area contributed by atoms with E-state index in [2.05, 4.69) is 5.32 Å². The maximum atomic E-state index is 12.0. The lowest BCUT2D eigenvalue weighted by atomic mass is 10.1. The summed E-state index contributed by atoms with van der Waals surface area (Å²) in [6.45, 7) is 5.88. The summed E-state index contributed by atoms with van der Waals surface area (Å²) in [5, 5.41) is 3.55. The van der Waals surface area contributed by atoms with Gasteiger partial charge < -0.3 is 19.6 Å². The van der Waals surface area contributed by atoms with E-state index in [0.717, 1.165) is 30.3 Å². The molecule has 136 valence electrons. The minimum Gasteiger partial charge on any atom is -0.491 e. The van der Waals surface area contributed by atoms with Crippen molar-refractivity contribution in [3.8, 4) is 5.75 Å². The fourth-order valence-corrected chi connectivity index (χ4v) is 3.38. The molecule has 0 aliphatic heterocycles. The molecule has 0 saturated heterocycles. The largest absolute Gasteiger partial charge is 0.491 e. The van der Waals surface area contributed by atoms with Crippen molar-refractivity contribution in [1.29, 1.82) is 0 Å². The number of aldehydes is 1. The van der Waals surface area contributed by atoms with Crippen molar-refractivity contribution in [3.63, 3.8) is 0 Å². The minimum atomic E-state index is -0.524. The number of fused-ring (bicyclic) bond motifs is 1. The highest BCUT2D eigenvalue weighted by Gasteiger charge is 2.46. The van der Waals surface area contributed by atoms with Crippen LogP contribution in [0.5, 0.6) is 5.75 Å². The molecule has 0 heterocycles. The molecule has 25 heavy (non-hydrogen) atoms. The lowest BCUT2D eigenvalue weighted by molar-refractivity contribution is -0.110. The number of rotatable bonds is 5. The molecule has 6 heteroatoms. The molecule has 1 fully saturated rings. The molecule has 1 saturated carbocycles. The Bertz CT molecular complexity index is 691. The van der Waals surface area contributed by atoms with E-state index in [1.54, 1.807) is 6.07 Å². The SMILES string of the molecule is CC(C)(C)OC(=O)NC1(COc2cc(Cl)c3c(c2)CC(C=O)C3)CC1. The maximum absolute atomic E-state index is 12.0. The van der Waals surface area contributed by atoms with Crippen LogP contribution in [-0.2, 0) is 22.4 Å². The fourth-order valence-electron chi connectivity index (χ4n) is 3.07. The molecular weight excluding hydrogens is 342 g/mol. The van der Waals surface area contributed by atoms with Crippen LogP contribution in [0.4, 0.5) is 4.79 Å².